The molecule has 0 aliphatic carbocycles. The number of aliphatic imine (C=N–C) groups is 1. The summed E-state index contributed by atoms with van der Waals surface area (Å²) in [6, 6.07) is 12.3. The summed E-state index contributed by atoms with van der Waals surface area (Å²) < 4.78 is 30.9. The minimum absolute atomic E-state index is 0. The molecule has 0 saturated heterocycles. The largest absolute Gasteiger partial charge is 0.497 e. The zero-order valence-corrected chi connectivity index (χ0v) is 20.4. The van der Waals surface area contributed by atoms with Gasteiger partial charge in [-0.15, -0.1) is 24.0 Å². The van der Waals surface area contributed by atoms with Crippen LogP contribution < -0.4 is 20.1 Å². The van der Waals surface area contributed by atoms with E-state index in [4.69, 9.17) is 16.3 Å². The van der Waals surface area contributed by atoms with E-state index >= 15 is 0 Å². The van der Waals surface area contributed by atoms with Crippen LogP contribution in [0, 0.1) is 0 Å². The lowest BCUT2D eigenvalue weighted by molar-refractivity contribution is 0.414. The standard InChI is InChI=1S/C19H25ClN4O3S.HI/c1-21-19(23-11-10-15-6-7-16(27-3)12-18(15)20)24-13-14-4-8-17(9-5-14)28(25,26)22-2;/h4-9,12,22H,10-11,13H2,1-3H3,(H2,21,23,24);1H. The number of halogens is 2. The van der Waals surface area contributed by atoms with Crippen molar-refractivity contribution < 1.29 is 13.2 Å². The topological polar surface area (TPSA) is 91.8 Å². The minimum Gasteiger partial charge on any atom is -0.497 e. The third-order valence-corrected chi connectivity index (χ3v) is 5.92. The Morgan fingerprint density at radius 3 is 2.38 bits per heavy atom. The number of hydrogen-bond acceptors (Lipinski definition) is 4. The SMILES string of the molecule is CN=C(NCCc1ccc(OC)cc1Cl)NCc1ccc(S(=O)(=O)NC)cc1.I. The van der Waals surface area contributed by atoms with E-state index in [1.165, 1.54) is 7.05 Å². The Morgan fingerprint density at radius 1 is 1.14 bits per heavy atom. The number of rotatable bonds is 8. The van der Waals surface area contributed by atoms with Crippen molar-refractivity contribution >= 4 is 51.6 Å². The van der Waals surface area contributed by atoms with Gasteiger partial charge in [-0.05, 0) is 48.9 Å². The molecule has 0 fully saturated rings. The predicted octanol–water partition coefficient (Wildman–Crippen LogP) is 2.78. The number of benzene rings is 2. The zero-order valence-electron chi connectivity index (χ0n) is 16.5. The molecule has 0 aliphatic heterocycles. The summed E-state index contributed by atoms with van der Waals surface area (Å²) in [5.41, 5.74) is 1.96. The van der Waals surface area contributed by atoms with Gasteiger partial charge in [0.15, 0.2) is 5.96 Å². The van der Waals surface area contributed by atoms with Crippen LogP contribution in [-0.2, 0) is 23.0 Å². The van der Waals surface area contributed by atoms with Gasteiger partial charge in [0, 0.05) is 25.2 Å². The molecule has 0 aromatic heterocycles. The van der Waals surface area contributed by atoms with Gasteiger partial charge in [0.1, 0.15) is 5.75 Å². The van der Waals surface area contributed by atoms with Gasteiger partial charge in [0.25, 0.3) is 0 Å². The summed E-state index contributed by atoms with van der Waals surface area (Å²) in [6.07, 6.45) is 0.736. The summed E-state index contributed by atoms with van der Waals surface area (Å²) in [7, 11) is 1.27. The smallest absolute Gasteiger partial charge is 0.240 e. The molecule has 3 N–H and O–H groups in total. The lowest BCUT2D eigenvalue weighted by Crippen LogP contribution is -2.37. The summed E-state index contributed by atoms with van der Waals surface area (Å²) in [6.45, 7) is 1.17. The average molecular weight is 553 g/mol. The van der Waals surface area contributed by atoms with E-state index in [2.05, 4.69) is 20.3 Å². The molecule has 0 spiro atoms. The Morgan fingerprint density at radius 2 is 1.83 bits per heavy atom. The first-order valence-electron chi connectivity index (χ1n) is 8.69. The van der Waals surface area contributed by atoms with Crippen LogP contribution in [0.4, 0.5) is 0 Å². The maximum absolute atomic E-state index is 11.7. The molecule has 7 nitrogen and oxygen atoms in total. The highest BCUT2D eigenvalue weighted by molar-refractivity contribution is 14.0. The van der Waals surface area contributed by atoms with Crippen molar-refractivity contribution in [3.63, 3.8) is 0 Å². The predicted molar refractivity (Wildman–Crippen MR) is 128 cm³/mol. The fourth-order valence-corrected chi connectivity index (χ4v) is 3.48. The minimum atomic E-state index is -3.42. The van der Waals surface area contributed by atoms with E-state index in [0.717, 1.165) is 23.3 Å². The van der Waals surface area contributed by atoms with Crippen molar-refractivity contribution in [3.05, 3.63) is 58.6 Å². The Hall–Kier alpha value is -1.56. The zero-order chi connectivity index (χ0) is 20.6. The van der Waals surface area contributed by atoms with Crippen molar-refractivity contribution in [3.8, 4) is 5.75 Å². The number of nitrogens with zero attached hydrogens (tertiary/aromatic N) is 1. The lowest BCUT2D eigenvalue weighted by atomic mass is 10.1. The highest BCUT2D eigenvalue weighted by Gasteiger charge is 2.10. The molecule has 0 amide bonds. The lowest BCUT2D eigenvalue weighted by Gasteiger charge is -2.13. The molecule has 0 atom stereocenters. The number of methoxy groups -OCH3 is 1. The third-order valence-electron chi connectivity index (χ3n) is 4.13. The monoisotopic (exact) mass is 552 g/mol. The van der Waals surface area contributed by atoms with Gasteiger partial charge in [-0.1, -0.05) is 29.8 Å². The first-order valence-corrected chi connectivity index (χ1v) is 10.5. The summed E-state index contributed by atoms with van der Waals surface area (Å²) in [5.74, 6) is 1.38. The van der Waals surface area contributed by atoms with Gasteiger partial charge in [-0.2, -0.15) is 0 Å². The van der Waals surface area contributed by atoms with Crippen LogP contribution in [0.15, 0.2) is 52.4 Å². The molecule has 0 unspecified atom stereocenters. The van der Waals surface area contributed by atoms with Gasteiger partial charge in [0.05, 0.1) is 12.0 Å². The van der Waals surface area contributed by atoms with Crippen molar-refractivity contribution in [1.29, 1.82) is 0 Å². The van der Waals surface area contributed by atoms with Crippen LogP contribution >= 0.6 is 35.6 Å². The Kier molecular flexibility index (Phi) is 10.7. The number of nitrogens with one attached hydrogen (secondary N) is 3. The molecular weight excluding hydrogens is 527 g/mol. The molecule has 29 heavy (non-hydrogen) atoms. The molecule has 0 bridgehead atoms. The van der Waals surface area contributed by atoms with Crippen molar-refractivity contribution in [1.82, 2.24) is 15.4 Å². The summed E-state index contributed by atoms with van der Waals surface area (Å²) in [5, 5.41) is 7.10. The van der Waals surface area contributed by atoms with Crippen LogP contribution in [0.25, 0.3) is 0 Å². The quantitative estimate of drug-likeness (QED) is 0.266. The Bertz CT molecular complexity index is 922. The van der Waals surface area contributed by atoms with E-state index in [9.17, 15) is 8.42 Å². The Balaban J connectivity index is 0.00000420. The molecule has 0 heterocycles. The van der Waals surface area contributed by atoms with Crippen LogP contribution in [-0.4, -0.2) is 42.1 Å². The van der Waals surface area contributed by atoms with Crippen molar-refractivity contribution in [2.45, 2.75) is 17.9 Å². The summed E-state index contributed by atoms with van der Waals surface area (Å²) in [4.78, 5) is 4.42. The Labute approximate surface area is 194 Å². The molecule has 0 radical (unpaired) electrons. The maximum Gasteiger partial charge on any atom is 0.240 e. The summed E-state index contributed by atoms with van der Waals surface area (Å²) >= 11 is 6.25. The normalized spacial score (nSPS) is 11.5. The average Bonchev–Trinajstić information content (AvgIpc) is 2.71. The molecule has 160 valence electrons. The highest BCUT2D eigenvalue weighted by atomic mass is 127. The van der Waals surface area contributed by atoms with Gasteiger partial charge in [-0.3, -0.25) is 4.99 Å². The van der Waals surface area contributed by atoms with Gasteiger partial charge >= 0.3 is 0 Å². The number of hydrogen-bond donors (Lipinski definition) is 3. The van der Waals surface area contributed by atoms with E-state index < -0.39 is 10.0 Å². The fraction of sp³-hybridized carbons (Fsp3) is 0.316. The molecule has 2 aromatic carbocycles. The van der Waals surface area contributed by atoms with Crippen LogP contribution in [0.1, 0.15) is 11.1 Å². The van der Waals surface area contributed by atoms with E-state index in [-0.39, 0.29) is 28.9 Å². The van der Waals surface area contributed by atoms with E-state index in [1.54, 1.807) is 44.5 Å². The number of guanidine groups is 1. The van der Waals surface area contributed by atoms with Crippen molar-refractivity contribution in [2.75, 3.05) is 27.7 Å². The fourth-order valence-electron chi connectivity index (χ4n) is 2.48. The van der Waals surface area contributed by atoms with Crippen LogP contribution in [0.3, 0.4) is 0 Å². The highest BCUT2D eigenvalue weighted by Crippen LogP contribution is 2.22. The molecule has 0 aliphatic rings. The van der Waals surface area contributed by atoms with Crippen molar-refractivity contribution in [2.24, 2.45) is 4.99 Å². The second-order valence-corrected chi connectivity index (χ2v) is 8.21. The number of sulfonamides is 1. The molecular formula is C19H26ClIN4O3S. The second-order valence-electron chi connectivity index (χ2n) is 5.91. The van der Waals surface area contributed by atoms with Gasteiger partial charge < -0.3 is 15.4 Å². The third kappa shape index (κ3) is 7.65. The molecule has 2 rings (SSSR count). The first-order chi connectivity index (χ1) is 13.4. The van der Waals surface area contributed by atoms with Gasteiger partial charge in [-0.25, -0.2) is 13.1 Å². The number of ether oxygens (including phenoxy) is 1. The van der Waals surface area contributed by atoms with E-state index in [1.807, 2.05) is 12.1 Å². The van der Waals surface area contributed by atoms with E-state index in [0.29, 0.717) is 24.1 Å². The molecule has 0 saturated carbocycles. The van der Waals surface area contributed by atoms with Crippen LogP contribution in [0.2, 0.25) is 5.02 Å². The first kappa shape index (κ1) is 25.5. The maximum atomic E-state index is 11.7. The molecule has 2 aromatic rings. The second kappa shape index (κ2) is 12.2. The molecule has 10 heteroatoms. The van der Waals surface area contributed by atoms with Crippen LogP contribution in [0.5, 0.6) is 5.75 Å². The van der Waals surface area contributed by atoms with Gasteiger partial charge in [0.2, 0.25) is 10.0 Å².